The molecule has 0 radical (unpaired) electrons. The second-order valence-corrected chi connectivity index (χ2v) is 6.25. The Morgan fingerprint density at radius 1 is 1.00 bits per heavy atom. The molecule has 0 saturated heterocycles. The van der Waals surface area contributed by atoms with Crippen LogP contribution in [0.3, 0.4) is 0 Å². The summed E-state index contributed by atoms with van der Waals surface area (Å²) in [5.41, 5.74) is 2.65. The third-order valence-electron chi connectivity index (χ3n) is 4.86. The minimum atomic E-state index is -0.123. The number of ketones is 2. The van der Waals surface area contributed by atoms with Crippen LogP contribution in [0.5, 0.6) is 0 Å². The fourth-order valence-corrected chi connectivity index (χ4v) is 3.65. The van der Waals surface area contributed by atoms with Crippen molar-refractivity contribution in [3.05, 3.63) is 47.0 Å². The molecule has 1 aromatic rings. The first kappa shape index (κ1) is 14.2. The molecule has 0 heterocycles. The zero-order valence-corrected chi connectivity index (χ0v) is 12.6. The molecule has 2 unspecified atom stereocenters. The number of benzene rings is 1. The standard InChI is InChI=1S/C19H22O2/c1-2-3-4-7-13-10-11-16-17(12-13)19(21)15-9-6-5-8-14(15)18(16)20/h5-6,8-10,16-17H,2-4,7,11-12H2,1H3. The van der Waals surface area contributed by atoms with Gasteiger partial charge in [0.1, 0.15) is 0 Å². The number of hydrogen-bond donors (Lipinski definition) is 0. The average molecular weight is 282 g/mol. The van der Waals surface area contributed by atoms with Crippen molar-refractivity contribution in [1.29, 1.82) is 0 Å². The van der Waals surface area contributed by atoms with Crippen molar-refractivity contribution in [2.45, 2.75) is 45.4 Å². The Balaban J connectivity index is 1.82. The normalized spacial score (nSPS) is 24.3. The van der Waals surface area contributed by atoms with E-state index in [0.29, 0.717) is 11.1 Å². The van der Waals surface area contributed by atoms with Crippen molar-refractivity contribution >= 4 is 11.6 Å². The van der Waals surface area contributed by atoms with Crippen molar-refractivity contribution in [2.24, 2.45) is 11.8 Å². The molecule has 2 aliphatic carbocycles. The van der Waals surface area contributed by atoms with Crippen LogP contribution in [-0.2, 0) is 0 Å². The van der Waals surface area contributed by atoms with Crippen LogP contribution < -0.4 is 0 Å². The van der Waals surface area contributed by atoms with Gasteiger partial charge in [-0.1, -0.05) is 55.7 Å². The molecular formula is C19H22O2. The predicted molar refractivity (Wildman–Crippen MR) is 83.5 cm³/mol. The van der Waals surface area contributed by atoms with Crippen LogP contribution in [0.1, 0.15) is 66.2 Å². The maximum Gasteiger partial charge on any atom is 0.167 e. The molecular weight excluding hydrogens is 260 g/mol. The summed E-state index contributed by atoms with van der Waals surface area (Å²) in [5.74, 6) is 0.103. The molecule has 2 nitrogen and oxygen atoms in total. The summed E-state index contributed by atoms with van der Waals surface area (Å²) >= 11 is 0. The van der Waals surface area contributed by atoms with Gasteiger partial charge in [-0.3, -0.25) is 9.59 Å². The second kappa shape index (κ2) is 5.97. The highest BCUT2D eigenvalue weighted by atomic mass is 16.1. The van der Waals surface area contributed by atoms with Crippen LogP contribution in [0.15, 0.2) is 35.9 Å². The van der Waals surface area contributed by atoms with E-state index in [1.165, 1.54) is 24.8 Å². The molecule has 0 aromatic heterocycles. The van der Waals surface area contributed by atoms with Gasteiger partial charge in [-0.05, 0) is 25.7 Å². The van der Waals surface area contributed by atoms with Crippen molar-refractivity contribution in [3.8, 4) is 0 Å². The topological polar surface area (TPSA) is 34.1 Å². The van der Waals surface area contributed by atoms with Crippen molar-refractivity contribution in [3.63, 3.8) is 0 Å². The Labute approximate surface area is 126 Å². The number of carbonyl (C=O) groups is 2. The average Bonchev–Trinajstić information content (AvgIpc) is 2.53. The highest BCUT2D eigenvalue weighted by Crippen LogP contribution is 2.40. The van der Waals surface area contributed by atoms with Crippen LogP contribution in [0, 0.1) is 11.8 Å². The van der Waals surface area contributed by atoms with E-state index in [4.69, 9.17) is 0 Å². The first-order chi connectivity index (χ1) is 10.2. The Morgan fingerprint density at radius 3 is 2.33 bits per heavy atom. The van der Waals surface area contributed by atoms with Gasteiger partial charge < -0.3 is 0 Å². The summed E-state index contributed by atoms with van der Waals surface area (Å²) in [7, 11) is 0. The fraction of sp³-hybridized carbons (Fsp3) is 0.474. The lowest BCUT2D eigenvalue weighted by molar-refractivity contribution is 0.0724. The van der Waals surface area contributed by atoms with Crippen LogP contribution in [0.4, 0.5) is 0 Å². The highest BCUT2D eigenvalue weighted by Gasteiger charge is 2.42. The lowest BCUT2D eigenvalue weighted by atomic mass is 9.67. The molecule has 0 aliphatic heterocycles. The Kier molecular flexibility index (Phi) is 4.05. The van der Waals surface area contributed by atoms with E-state index >= 15 is 0 Å². The predicted octanol–water partition coefficient (Wildman–Crippen LogP) is 4.60. The second-order valence-electron chi connectivity index (χ2n) is 6.25. The maximum absolute atomic E-state index is 12.7. The number of hydrogen-bond acceptors (Lipinski definition) is 2. The molecule has 0 N–H and O–H groups in total. The molecule has 0 spiro atoms. The molecule has 0 amide bonds. The van der Waals surface area contributed by atoms with Gasteiger partial charge in [0, 0.05) is 23.0 Å². The van der Waals surface area contributed by atoms with Crippen LogP contribution in [0.25, 0.3) is 0 Å². The third-order valence-corrected chi connectivity index (χ3v) is 4.86. The molecule has 2 heteroatoms. The van der Waals surface area contributed by atoms with Gasteiger partial charge >= 0.3 is 0 Å². The van der Waals surface area contributed by atoms with E-state index < -0.39 is 0 Å². The lowest BCUT2D eigenvalue weighted by Gasteiger charge is -2.34. The SMILES string of the molecule is CCCCCC1=CCC2C(=O)c3ccccc3C(=O)C2C1. The molecule has 3 rings (SSSR count). The van der Waals surface area contributed by atoms with Gasteiger partial charge in [-0.15, -0.1) is 0 Å². The van der Waals surface area contributed by atoms with Crippen molar-refractivity contribution < 1.29 is 9.59 Å². The van der Waals surface area contributed by atoms with Gasteiger partial charge in [-0.2, -0.15) is 0 Å². The summed E-state index contributed by atoms with van der Waals surface area (Å²) in [5, 5.41) is 0. The Bertz CT molecular complexity index is 597. The highest BCUT2D eigenvalue weighted by molar-refractivity contribution is 6.16. The minimum absolute atomic E-state index is 0.117. The molecule has 21 heavy (non-hydrogen) atoms. The number of unbranched alkanes of at least 4 members (excludes halogenated alkanes) is 2. The van der Waals surface area contributed by atoms with Gasteiger partial charge in [0.2, 0.25) is 0 Å². The summed E-state index contributed by atoms with van der Waals surface area (Å²) < 4.78 is 0. The summed E-state index contributed by atoms with van der Waals surface area (Å²) in [6, 6.07) is 7.30. The number of fused-ring (bicyclic) bond motifs is 2. The lowest BCUT2D eigenvalue weighted by Crippen LogP contribution is -2.38. The van der Waals surface area contributed by atoms with Crippen LogP contribution in [0.2, 0.25) is 0 Å². The zero-order chi connectivity index (χ0) is 14.8. The van der Waals surface area contributed by atoms with Crippen LogP contribution in [-0.4, -0.2) is 11.6 Å². The zero-order valence-electron chi connectivity index (χ0n) is 12.6. The molecule has 0 bridgehead atoms. The first-order valence-corrected chi connectivity index (χ1v) is 8.07. The summed E-state index contributed by atoms with van der Waals surface area (Å²) in [6.07, 6.45) is 8.47. The van der Waals surface area contributed by atoms with Crippen LogP contribution >= 0.6 is 0 Å². The van der Waals surface area contributed by atoms with E-state index in [1.54, 1.807) is 12.1 Å². The number of carbonyl (C=O) groups excluding carboxylic acids is 2. The maximum atomic E-state index is 12.7. The van der Waals surface area contributed by atoms with Gasteiger partial charge in [-0.25, -0.2) is 0 Å². The monoisotopic (exact) mass is 282 g/mol. The molecule has 2 aliphatic rings. The Morgan fingerprint density at radius 2 is 1.67 bits per heavy atom. The largest absolute Gasteiger partial charge is 0.294 e. The van der Waals surface area contributed by atoms with E-state index in [2.05, 4.69) is 13.0 Å². The first-order valence-electron chi connectivity index (χ1n) is 8.07. The number of allylic oxidation sites excluding steroid dienone is 2. The quantitative estimate of drug-likeness (QED) is 0.597. The molecule has 0 saturated carbocycles. The van der Waals surface area contributed by atoms with Gasteiger partial charge in [0.05, 0.1) is 0 Å². The van der Waals surface area contributed by atoms with E-state index in [-0.39, 0.29) is 23.4 Å². The van der Waals surface area contributed by atoms with Crippen molar-refractivity contribution in [2.75, 3.05) is 0 Å². The number of rotatable bonds is 4. The van der Waals surface area contributed by atoms with E-state index in [9.17, 15) is 9.59 Å². The number of Topliss-reactive ketones (excluding diaryl/α,β-unsaturated/α-hetero) is 2. The summed E-state index contributed by atoms with van der Waals surface area (Å²) in [4.78, 5) is 25.3. The van der Waals surface area contributed by atoms with Crippen molar-refractivity contribution in [1.82, 2.24) is 0 Å². The van der Waals surface area contributed by atoms with E-state index in [1.807, 2.05) is 12.1 Å². The van der Waals surface area contributed by atoms with Gasteiger partial charge in [0.25, 0.3) is 0 Å². The fourth-order valence-electron chi connectivity index (χ4n) is 3.65. The summed E-state index contributed by atoms with van der Waals surface area (Å²) in [6.45, 7) is 2.20. The third kappa shape index (κ3) is 2.59. The molecule has 2 atom stereocenters. The van der Waals surface area contributed by atoms with Gasteiger partial charge in [0.15, 0.2) is 11.6 Å². The molecule has 110 valence electrons. The Hall–Kier alpha value is -1.70. The van der Waals surface area contributed by atoms with E-state index in [0.717, 1.165) is 19.3 Å². The molecule has 0 fully saturated rings. The minimum Gasteiger partial charge on any atom is -0.294 e. The smallest absolute Gasteiger partial charge is 0.167 e. The molecule has 1 aromatic carbocycles.